The Morgan fingerprint density at radius 1 is 1.07 bits per heavy atom. The molecule has 0 saturated heterocycles. The molecule has 4 rings (SSSR count). The molecule has 0 unspecified atom stereocenters. The van der Waals surface area contributed by atoms with Gasteiger partial charge < -0.3 is 9.67 Å². The van der Waals surface area contributed by atoms with Crippen LogP contribution in [0.5, 0.6) is 0 Å². The fourth-order valence-corrected chi connectivity index (χ4v) is 3.97. The van der Waals surface area contributed by atoms with E-state index in [1.165, 1.54) is 23.9 Å². The van der Waals surface area contributed by atoms with Crippen molar-refractivity contribution in [2.45, 2.75) is 43.0 Å². The molecule has 1 aliphatic rings. The SMILES string of the molecule is CSc1nccc(-c2c(-c3ccc(F)cc3)ncn2[C@H]2CC[C@H](O)CC2)n1. The molecule has 0 spiro atoms. The predicted molar refractivity (Wildman–Crippen MR) is 104 cm³/mol. The molecule has 27 heavy (non-hydrogen) atoms. The highest BCUT2D eigenvalue weighted by atomic mass is 32.2. The molecule has 3 aromatic rings. The van der Waals surface area contributed by atoms with E-state index in [2.05, 4.69) is 19.5 Å². The van der Waals surface area contributed by atoms with E-state index >= 15 is 0 Å². The molecule has 5 nitrogen and oxygen atoms in total. The molecular weight excluding hydrogens is 363 g/mol. The van der Waals surface area contributed by atoms with Gasteiger partial charge in [0.05, 0.1) is 29.5 Å². The van der Waals surface area contributed by atoms with E-state index in [4.69, 9.17) is 0 Å². The smallest absolute Gasteiger partial charge is 0.187 e. The molecule has 1 fully saturated rings. The van der Waals surface area contributed by atoms with Crippen molar-refractivity contribution in [2.75, 3.05) is 6.26 Å². The number of thioether (sulfide) groups is 1. The van der Waals surface area contributed by atoms with Gasteiger partial charge in [0.1, 0.15) is 5.82 Å². The summed E-state index contributed by atoms with van der Waals surface area (Å²) in [5.41, 5.74) is 3.36. The summed E-state index contributed by atoms with van der Waals surface area (Å²) in [6.07, 6.45) is 8.69. The second kappa shape index (κ2) is 7.78. The average molecular weight is 384 g/mol. The van der Waals surface area contributed by atoms with Gasteiger partial charge >= 0.3 is 0 Å². The standard InChI is InChI=1S/C20H21FN4OS/c1-27-20-22-11-10-17(24-20)19-18(13-2-4-14(21)5-3-13)23-12-25(19)15-6-8-16(26)9-7-15/h2-5,10-12,15-16,26H,6-9H2,1H3/t15-,16-. The molecule has 0 aliphatic heterocycles. The zero-order valence-corrected chi connectivity index (χ0v) is 15.9. The Morgan fingerprint density at radius 2 is 1.81 bits per heavy atom. The van der Waals surface area contributed by atoms with Crippen molar-refractivity contribution in [1.82, 2.24) is 19.5 Å². The van der Waals surface area contributed by atoms with Crippen molar-refractivity contribution in [1.29, 1.82) is 0 Å². The fourth-order valence-electron chi connectivity index (χ4n) is 3.62. The zero-order valence-electron chi connectivity index (χ0n) is 15.0. The summed E-state index contributed by atoms with van der Waals surface area (Å²) in [6, 6.07) is 8.53. The second-order valence-electron chi connectivity index (χ2n) is 6.75. The Kier molecular flexibility index (Phi) is 5.22. The lowest BCUT2D eigenvalue weighted by molar-refractivity contribution is 0.111. The summed E-state index contributed by atoms with van der Waals surface area (Å²) in [6.45, 7) is 0. The summed E-state index contributed by atoms with van der Waals surface area (Å²) in [5, 5.41) is 10.6. The first-order valence-electron chi connectivity index (χ1n) is 9.04. The van der Waals surface area contributed by atoms with Gasteiger partial charge in [0.2, 0.25) is 0 Å². The van der Waals surface area contributed by atoms with Crippen LogP contribution >= 0.6 is 11.8 Å². The number of hydrogen-bond acceptors (Lipinski definition) is 5. The number of halogens is 1. The van der Waals surface area contributed by atoms with Crippen LogP contribution in [0.1, 0.15) is 31.7 Å². The second-order valence-corrected chi connectivity index (χ2v) is 7.52. The van der Waals surface area contributed by atoms with Crippen LogP contribution in [0.2, 0.25) is 0 Å². The summed E-state index contributed by atoms with van der Waals surface area (Å²) >= 11 is 1.49. The average Bonchev–Trinajstić information content (AvgIpc) is 3.14. The maximum Gasteiger partial charge on any atom is 0.187 e. The van der Waals surface area contributed by atoms with E-state index in [0.717, 1.165) is 48.3 Å². The quantitative estimate of drug-likeness (QED) is 0.535. The predicted octanol–water partition coefficient (Wildman–Crippen LogP) is 4.34. The van der Waals surface area contributed by atoms with Crippen molar-refractivity contribution < 1.29 is 9.50 Å². The number of aliphatic hydroxyl groups excluding tert-OH is 1. The van der Waals surface area contributed by atoms with Gasteiger partial charge in [-0.05, 0) is 62.3 Å². The first-order valence-corrected chi connectivity index (χ1v) is 10.3. The van der Waals surface area contributed by atoms with Crippen LogP contribution in [0.25, 0.3) is 22.6 Å². The molecule has 1 N–H and O–H groups in total. The minimum absolute atomic E-state index is 0.216. The van der Waals surface area contributed by atoms with Crippen molar-refractivity contribution in [3.8, 4) is 22.6 Å². The van der Waals surface area contributed by atoms with Gasteiger partial charge in [-0.2, -0.15) is 0 Å². The third-order valence-corrected chi connectivity index (χ3v) is 5.59. The van der Waals surface area contributed by atoms with Gasteiger partial charge in [-0.3, -0.25) is 0 Å². The molecular formula is C20H21FN4OS. The number of rotatable bonds is 4. The van der Waals surface area contributed by atoms with E-state index < -0.39 is 0 Å². The molecule has 0 radical (unpaired) electrons. The lowest BCUT2D eigenvalue weighted by atomic mass is 9.92. The van der Waals surface area contributed by atoms with Crippen LogP contribution in [-0.2, 0) is 0 Å². The number of aromatic nitrogens is 4. The highest BCUT2D eigenvalue weighted by Crippen LogP contribution is 2.37. The van der Waals surface area contributed by atoms with Crippen molar-refractivity contribution in [3.05, 3.63) is 48.7 Å². The van der Waals surface area contributed by atoms with E-state index in [0.29, 0.717) is 5.16 Å². The van der Waals surface area contributed by atoms with Gasteiger partial charge in [0, 0.05) is 17.8 Å². The number of nitrogens with zero attached hydrogens (tertiary/aromatic N) is 4. The Balaban J connectivity index is 1.83. The topological polar surface area (TPSA) is 63.8 Å². The highest BCUT2D eigenvalue weighted by molar-refractivity contribution is 7.98. The first kappa shape index (κ1) is 18.1. The number of hydrogen-bond donors (Lipinski definition) is 1. The van der Waals surface area contributed by atoms with Crippen molar-refractivity contribution >= 4 is 11.8 Å². The zero-order chi connectivity index (χ0) is 18.8. The van der Waals surface area contributed by atoms with Crippen LogP contribution in [-0.4, -0.2) is 37.0 Å². The Hall–Kier alpha value is -2.25. The summed E-state index contributed by atoms with van der Waals surface area (Å²) < 4.78 is 15.5. The molecule has 1 saturated carbocycles. The lowest BCUT2D eigenvalue weighted by Crippen LogP contribution is -2.21. The Morgan fingerprint density at radius 3 is 2.52 bits per heavy atom. The van der Waals surface area contributed by atoms with Gasteiger partial charge in [0.25, 0.3) is 0 Å². The molecule has 140 valence electrons. The van der Waals surface area contributed by atoms with Crippen LogP contribution in [0.3, 0.4) is 0 Å². The normalized spacial score (nSPS) is 20.0. The van der Waals surface area contributed by atoms with Gasteiger partial charge in [0.15, 0.2) is 5.16 Å². The maximum atomic E-state index is 13.4. The number of imidazole rings is 1. The summed E-state index contributed by atoms with van der Waals surface area (Å²) in [5.74, 6) is -0.271. The lowest BCUT2D eigenvalue weighted by Gasteiger charge is -2.28. The minimum atomic E-state index is -0.271. The Labute approximate surface area is 161 Å². The minimum Gasteiger partial charge on any atom is -0.393 e. The molecule has 0 atom stereocenters. The molecule has 1 aromatic carbocycles. The van der Waals surface area contributed by atoms with Gasteiger partial charge in [-0.15, -0.1) is 0 Å². The molecule has 7 heteroatoms. The highest BCUT2D eigenvalue weighted by Gasteiger charge is 2.26. The van der Waals surface area contributed by atoms with Crippen molar-refractivity contribution in [3.63, 3.8) is 0 Å². The van der Waals surface area contributed by atoms with E-state index in [1.54, 1.807) is 18.3 Å². The fraction of sp³-hybridized carbons (Fsp3) is 0.350. The van der Waals surface area contributed by atoms with Crippen LogP contribution in [0.4, 0.5) is 4.39 Å². The largest absolute Gasteiger partial charge is 0.393 e. The summed E-state index contributed by atoms with van der Waals surface area (Å²) in [4.78, 5) is 13.6. The number of aliphatic hydroxyl groups is 1. The van der Waals surface area contributed by atoms with Crippen LogP contribution in [0, 0.1) is 5.82 Å². The van der Waals surface area contributed by atoms with Gasteiger partial charge in [-0.1, -0.05) is 11.8 Å². The monoisotopic (exact) mass is 384 g/mol. The van der Waals surface area contributed by atoms with Gasteiger partial charge in [-0.25, -0.2) is 19.3 Å². The van der Waals surface area contributed by atoms with E-state index in [-0.39, 0.29) is 18.0 Å². The molecule has 2 heterocycles. The Bertz CT molecular complexity index is 920. The van der Waals surface area contributed by atoms with Crippen molar-refractivity contribution in [2.24, 2.45) is 0 Å². The molecule has 2 aromatic heterocycles. The van der Waals surface area contributed by atoms with Crippen LogP contribution in [0.15, 0.2) is 48.0 Å². The molecule has 0 bridgehead atoms. The molecule has 1 aliphatic carbocycles. The van der Waals surface area contributed by atoms with Crippen LogP contribution < -0.4 is 0 Å². The maximum absolute atomic E-state index is 13.4. The van der Waals surface area contributed by atoms with E-state index in [9.17, 15) is 9.50 Å². The summed E-state index contributed by atoms with van der Waals surface area (Å²) in [7, 11) is 0. The molecule has 0 amide bonds. The first-order chi connectivity index (χ1) is 13.2. The third-order valence-electron chi connectivity index (χ3n) is 5.03. The third kappa shape index (κ3) is 3.75. The van der Waals surface area contributed by atoms with E-state index in [1.807, 2.05) is 18.6 Å². The number of benzene rings is 1.